The average Bonchev–Trinajstić information content (AvgIpc) is 3.52. The first-order chi connectivity index (χ1) is 30.1. The Hall–Kier alpha value is -7.02. The van der Waals surface area contributed by atoms with Crippen molar-refractivity contribution in [3.8, 4) is 0 Å². The van der Waals surface area contributed by atoms with Crippen molar-refractivity contribution >= 4 is 52.1 Å². The van der Waals surface area contributed by atoms with Crippen molar-refractivity contribution in [1.29, 1.82) is 0 Å². The average molecular weight is 829 g/mol. The predicted octanol–water partition coefficient (Wildman–Crippen LogP) is 7.09. The van der Waals surface area contributed by atoms with Crippen LogP contribution in [-0.4, -0.2) is 63.3 Å². The van der Waals surface area contributed by atoms with E-state index < -0.39 is 17.4 Å². The Balaban J connectivity index is 1.11. The number of nitrogens with zero attached hydrogens (tertiary/aromatic N) is 6. The molecule has 3 heterocycles. The minimum atomic E-state index is -2.10. The van der Waals surface area contributed by atoms with Crippen molar-refractivity contribution < 1.29 is 29.4 Å². The largest absolute Gasteiger partial charge is 0.395 e. The van der Waals surface area contributed by atoms with Crippen LogP contribution in [0.2, 0.25) is 0 Å². The van der Waals surface area contributed by atoms with Crippen molar-refractivity contribution in [3.63, 3.8) is 0 Å². The number of fused-ring (bicyclic) bond motifs is 1. The summed E-state index contributed by atoms with van der Waals surface area (Å²) in [6, 6.07) is 41.3. The molecule has 2 N–H and O–H groups in total. The number of benzene rings is 5. The number of aliphatic hydroxyl groups excluding tert-OH is 1. The molecule has 314 valence electrons. The number of carbonyl (C=O) groups excluding carboxylic acids is 4. The number of anilines is 3. The van der Waals surface area contributed by atoms with Crippen LogP contribution in [0.4, 0.5) is 17.1 Å². The van der Waals surface area contributed by atoms with E-state index in [-0.39, 0.29) is 50.3 Å². The van der Waals surface area contributed by atoms with Crippen LogP contribution in [0, 0.1) is 5.92 Å². The van der Waals surface area contributed by atoms with Gasteiger partial charge in [-0.1, -0.05) is 122 Å². The molecule has 8 rings (SSSR count). The maximum absolute atomic E-state index is 14.8. The van der Waals surface area contributed by atoms with Crippen molar-refractivity contribution in [2.24, 2.45) is 16.1 Å². The fourth-order valence-corrected chi connectivity index (χ4v) is 8.23. The lowest BCUT2D eigenvalue weighted by atomic mass is 9.82. The molecule has 0 saturated heterocycles. The molecule has 0 unspecified atom stereocenters. The van der Waals surface area contributed by atoms with Crippen molar-refractivity contribution in [3.05, 3.63) is 173 Å². The standard InChI is InChI=1S/C50H48N6O6/c1-35(13-11-22-46(58)53(29-30-57)33-36-14-5-2-6-15-36)50(62)42-32-41(56-48(60)28-25-44(52-56)39-19-9-4-10-20-39)23-26-45(42)54(49(50)61)34-37-16-12-21-40(31-37)55-47(59)27-24-43(51-55)38-17-7-3-8-18-38/h2-21,23,26,31-32,35,57,62H,22,24-25,27-30,33-34H2,1H3/b13-11+/t35-,50+/m1/s1. The Labute approximate surface area is 360 Å². The van der Waals surface area contributed by atoms with Gasteiger partial charge < -0.3 is 20.0 Å². The number of hydrogen-bond acceptors (Lipinski definition) is 8. The Morgan fingerprint density at radius 1 is 0.726 bits per heavy atom. The van der Waals surface area contributed by atoms with E-state index in [9.17, 15) is 29.4 Å². The van der Waals surface area contributed by atoms with Gasteiger partial charge in [0.25, 0.3) is 5.91 Å². The number of amides is 4. The molecule has 4 amide bonds. The molecule has 0 fully saturated rings. The van der Waals surface area contributed by atoms with E-state index in [1.54, 1.807) is 48.2 Å². The van der Waals surface area contributed by atoms with Gasteiger partial charge in [-0.2, -0.15) is 10.2 Å². The number of aliphatic hydroxyl groups is 2. The Kier molecular flexibility index (Phi) is 12.3. The van der Waals surface area contributed by atoms with E-state index in [1.807, 2.05) is 109 Å². The molecule has 0 radical (unpaired) electrons. The summed E-state index contributed by atoms with van der Waals surface area (Å²) >= 11 is 0. The first-order valence-corrected chi connectivity index (χ1v) is 20.9. The van der Waals surface area contributed by atoms with Crippen molar-refractivity contribution in [2.75, 3.05) is 28.1 Å². The van der Waals surface area contributed by atoms with E-state index in [4.69, 9.17) is 10.2 Å². The summed E-state index contributed by atoms with van der Waals surface area (Å²) in [6.45, 7) is 2.06. The lowest BCUT2D eigenvalue weighted by molar-refractivity contribution is -0.139. The van der Waals surface area contributed by atoms with Gasteiger partial charge in [-0.15, -0.1) is 0 Å². The number of rotatable bonds is 14. The summed E-state index contributed by atoms with van der Waals surface area (Å²) < 4.78 is 0. The second-order valence-electron chi connectivity index (χ2n) is 15.7. The first-order valence-electron chi connectivity index (χ1n) is 20.9. The zero-order chi connectivity index (χ0) is 43.2. The third-order valence-electron chi connectivity index (χ3n) is 11.6. The van der Waals surface area contributed by atoms with E-state index in [0.29, 0.717) is 54.0 Å². The molecule has 2 atom stereocenters. The van der Waals surface area contributed by atoms with Gasteiger partial charge in [0.15, 0.2) is 5.60 Å². The molecule has 0 spiro atoms. The smallest absolute Gasteiger partial charge is 0.264 e. The third-order valence-corrected chi connectivity index (χ3v) is 11.6. The van der Waals surface area contributed by atoms with Crippen molar-refractivity contribution in [1.82, 2.24) is 4.90 Å². The summed E-state index contributed by atoms with van der Waals surface area (Å²) in [5, 5.41) is 34.7. The van der Waals surface area contributed by atoms with E-state index in [1.165, 1.54) is 14.9 Å². The molecule has 3 aliphatic rings. The maximum atomic E-state index is 14.8. The molecule has 0 saturated carbocycles. The lowest BCUT2D eigenvalue weighted by Gasteiger charge is -2.29. The molecule has 62 heavy (non-hydrogen) atoms. The number of hydrazone groups is 2. The SMILES string of the molecule is C[C@H](/C=C/CC(=O)N(CCO)Cc1ccccc1)[C@@]1(O)C(=O)N(Cc2cccc(N3N=C(c4ccccc4)CCC3=O)c2)c2ccc(N3N=C(c4ccccc4)CCC3=O)cc21. The van der Waals surface area contributed by atoms with Crippen LogP contribution in [-0.2, 0) is 37.9 Å². The molecule has 5 aromatic carbocycles. The van der Waals surface area contributed by atoms with Gasteiger partial charge in [-0.25, -0.2) is 10.0 Å². The van der Waals surface area contributed by atoms with Crippen LogP contribution >= 0.6 is 0 Å². The minimum Gasteiger partial charge on any atom is -0.395 e. The molecular formula is C50H48N6O6. The normalized spacial score (nSPS) is 18.2. The fourth-order valence-electron chi connectivity index (χ4n) is 8.23. The Morgan fingerprint density at radius 2 is 1.29 bits per heavy atom. The fraction of sp³-hybridized carbons (Fsp3) is 0.240. The van der Waals surface area contributed by atoms with Gasteiger partial charge in [0.1, 0.15) is 0 Å². The number of carbonyl (C=O) groups is 4. The van der Waals surface area contributed by atoms with Crippen LogP contribution in [0.25, 0.3) is 0 Å². The van der Waals surface area contributed by atoms with Gasteiger partial charge in [-0.05, 0) is 52.6 Å². The van der Waals surface area contributed by atoms with Crippen molar-refractivity contribution in [2.45, 2.75) is 57.7 Å². The summed E-state index contributed by atoms with van der Waals surface area (Å²) in [7, 11) is 0. The van der Waals surface area contributed by atoms with E-state index in [2.05, 4.69) is 0 Å². The molecular weight excluding hydrogens is 781 g/mol. The summed E-state index contributed by atoms with van der Waals surface area (Å²) in [4.78, 5) is 57.9. The first kappa shape index (κ1) is 41.7. The molecule has 12 heteroatoms. The zero-order valence-corrected chi connectivity index (χ0v) is 34.5. The molecule has 0 aliphatic carbocycles. The van der Waals surface area contributed by atoms with Gasteiger partial charge in [0.2, 0.25) is 17.7 Å². The minimum absolute atomic E-state index is 0.0200. The monoisotopic (exact) mass is 828 g/mol. The lowest BCUT2D eigenvalue weighted by Crippen LogP contribution is -2.44. The second kappa shape index (κ2) is 18.3. The predicted molar refractivity (Wildman–Crippen MR) is 239 cm³/mol. The van der Waals surface area contributed by atoms with Gasteiger partial charge >= 0.3 is 0 Å². The van der Waals surface area contributed by atoms with Crippen LogP contribution < -0.4 is 14.9 Å². The van der Waals surface area contributed by atoms with Crippen LogP contribution in [0.3, 0.4) is 0 Å². The van der Waals surface area contributed by atoms with E-state index >= 15 is 0 Å². The van der Waals surface area contributed by atoms with Gasteiger partial charge in [0, 0.05) is 56.7 Å². The molecule has 0 bridgehead atoms. The zero-order valence-electron chi connectivity index (χ0n) is 34.5. The molecule has 5 aromatic rings. The highest BCUT2D eigenvalue weighted by Crippen LogP contribution is 2.47. The summed E-state index contributed by atoms with van der Waals surface area (Å²) in [5.74, 6) is -1.99. The van der Waals surface area contributed by atoms with Crippen LogP contribution in [0.15, 0.2) is 156 Å². The highest BCUT2D eigenvalue weighted by Gasteiger charge is 2.53. The molecule has 3 aliphatic heterocycles. The second-order valence-corrected chi connectivity index (χ2v) is 15.7. The summed E-state index contributed by atoms with van der Waals surface area (Å²) in [5.41, 5.74) is 4.61. The van der Waals surface area contributed by atoms with Crippen LogP contribution in [0.5, 0.6) is 0 Å². The topological polar surface area (TPSA) is 146 Å². The number of hydrogen-bond donors (Lipinski definition) is 2. The Morgan fingerprint density at radius 3 is 1.89 bits per heavy atom. The van der Waals surface area contributed by atoms with Crippen LogP contribution in [0.1, 0.15) is 66.8 Å². The molecule has 12 nitrogen and oxygen atoms in total. The quantitative estimate of drug-likeness (QED) is 0.114. The van der Waals surface area contributed by atoms with Gasteiger partial charge in [-0.3, -0.25) is 19.2 Å². The maximum Gasteiger partial charge on any atom is 0.264 e. The highest BCUT2D eigenvalue weighted by molar-refractivity contribution is 6.11. The third kappa shape index (κ3) is 8.60. The Bertz CT molecular complexity index is 2560. The van der Waals surface area contributed by atoms with Gasteiger partial charge in [0.05, 0.1) is 41.6 Å². The highest BCUT2D eigenvalue weighted by atomic mass is 16.3. The molecule has 0 aromatic heterocycles. The summed E-state index contributed by atoms with van der Waals surface area (Å²) in [6.07, 6.45) is 4.82. The van der Waals surface area contributed by atoms with E-state index in [0.717, 1.165) is 28.1 Å².